The molecule has 4 atom stereocenters. The van der Waals surface area contributed by atoms with E-state index in [1.165, 1.54) is 24.5 Å². The summed E-state index contributed by atoms with van der Waals surface area (Å²) in [5, 5.41) is 12.3. The van der Waals surface area contributed by atoms with Crippen molar-refractivity contribution in [3.8, 4) is 11.8 Å². The van der Waals surface area contributed by atoms with Gasteiger partial charge in [0.15, 0.2) is 5.75 Å². The molecule has 0 radical (unpaired) electrons. The average Bonchev–Trinajstić information content (AvgIpc) is 3.21. The highest BCUT2D eigenvalue weighted by Gasteiger charge is 2.42. The smallest absolute Gasteiger partial charge is 0.410 e. The fraction of sp³-hybridized carbons (Fsp3) is 0.538. The number of amides is 1. The first kappa shape index (κ1) is 24.9. The molecule has 9 heteroatoms. The maximum absolute atomic E-state index is 13.5. The number of benzene rings is 1. The highest BCUT2D eigenvalue weighted by atomic mass is 19.1. The SMILES string of the molecule is CC(C)(C)N(C(=O)OC1CC(c2ccc(F)cc2)CC1Oc1cnc(C#N)nc1)C1CCCNC1. The number of rotatable bonds is 5. The van der Waals surface area contributed by atoms with Crippen LogP contribution in [0.4, 0.5) is 9.18 Å². The highest BCUT2D eigenvalue weighted by molar-refractivity contribution is 5.69. The van der Waals surface area contributed by atoms with E-state index in [2.05, 4.69) is 15.3 Å². The van der Waals surface area contributed by atoms with Gasteiger partial charge in [0.2, 0.25) is 5.82 Å². The third kappa shape index (κ3) is 6.06. The van der Waals surface area contributed by atoms with Crippen molar-refractivity contribution in [2.45, 2.75) is 76.2 Å². The lowest BCUT2D eigenvalue weighted by atomic mass is 9.97. The molecule has 2 fully saturated rings. The lowest BCUT2D eigenvalue weighted by Gasteiger charge is -2.43. The fourth-order valence-electron chi connectivity index (χ4n) is 5.04. The van der Waals surface area contributed by atoms with Crippen molar-refractivity contribution < 1.29 is 18.7 Å². The fourth-order valence-corrected chi connectivity index (χ4v) is 5.04. The zero-order chi connectivity index (χ0) is 25.0. The van der Waals surface area contributed by atoms with Gasteiger partial charge < -0.3 is 14.8 Å². The Kier molecular flexibility index (Phi) is 7.51. The third-order valence-electron chi connectivity index (χ3n) is 6.61. The second-order valence-corrected chi connectivity index (χ2v) is 10.2. The van der Waals surface area contributed by atoms with Crippen LogP contribution in [-0.4, -0.2) is 57.8 Å². The zero-order valence-electron chi connectivity index (χ0n) is 20.4. The van der Waals surface area contributed by atoms with Crippen molar-refractivity contribution in [2.24, 2.45) is 0 Å². The summed E-state index contributed by atoms with van der Waals surface area (Å²) in [6, 6.07) is 8.35. The van der Waals surface area contributed by atoms with Crippen LogP contribution in [0.1, 0.15) is 63.8 Å². The Bertz CT molecular complexity index is 1040. The lowest BCUT2D eigenvalue weighted by molar-refractivity contribution is -0.0132. The predicted octanol–water partition coefficient (Wildman–Crippen LogP) is 4.17. The van der Waals surface area contributed by atoms with Gasteiger partial charge in [-0.15, -0.1) is 0 Å². The van der Waals surface area contributed by atoms with Crippen LogP contribution in [-0.2, 0) is 4.74 Å². The van der Waals surface area contributed by atoms with E-state index >= 15 is 0 Å². The van der Waals surface area contributed by atoms with Crippen molar-refractivity contribution in [1.82, 2.24) is 20.2 Å². The molecule has 1 aromatic heterocycles. The number of nitriles is 1. The summed E-state index contributed by atoms with van der Waals surface area (Å²) in [5.41, 5.74) is 0.561. The molecule has 1 aliphatic carbocycles. The first-order valence-corrected chi connectivity index (χ1v) is 12.1. The molecule has 8 nitrogen and oxygen atoms in total. The summed E-state index contributed by atoms with van der Waals surface area (Å²) in [6.07, 6.45) is 4.67. The summed E-state index contributed by atoms with van der Waals surface area (Å²) >= 11 is 0. The first-order chi connectivity index (χ1) is 16.7. The van der Waals surface area contributed by atoms with Crippen molar-refractivity contribution in [3.63, 3.8) is 0 Å². The monoisotopic (exact) mass is 481 g/mol. The molecule has 4 rings (SSSR count). The molecule has 0 bridgehead atoms. The van der Waals surface area contributed by atoms with Gasteiger partial charge in [-0.2, -0.15) is 5.26 Å². The van der Waals surface area contributed by atoms with Crippen LogP contribution in [0, 0.1) is 17.1 Å². The van der Waals surface area contributed by atoms with E-state index in [1.54, 1.807) is 12.1 Å². The van der Waals surface area contributed by atoms with Crippen LogP contribution in [0.15, 0.2) is 36.7 Å². The molecular formula is C26H32FN5O3. The largest absolute Gasteiger partial charge is 0.483 e. The molecule has 4 unspecified atom stereocenters. The average molecular weight is 482 g/mol. The summed E-state index contributed by atoms with van der Waals surface area (Å²) in [5.74, 6) is 0.202. The molecule has 2 aromatic rings. The normalized spacial score (nSPS) is 24.4. The Balaban J connectivity index is 1.54. The summed E-state index contributed by atoms with van der Waals surface area (Å²) < 4.78 is 25.8. The van der Waals surface area contributed by atoms with E-state index < -0.39 is 17.7 Å². The number of halogens is 1. The number of nitrogens with one attached hydrogen (secondary N) is 1. The second kappa shape index (κ2) is 10.6. The molecule has 1 amide bonds. The predicted molar refractivity (Wildman–Crippen MR) is 127 cm³/mol. The number of carbonyl (C=O) groups excluding carboxylic acids is 1. The molecule has 0 spiro atoms. The Morgan fingerprint density at radius 1 is 1.17 bits per heavy atom. The van der Waals surface area contributed by atoms with Crippen LogP contribution in [0.2, 0.25) is 0 Å². The topological polar surface area (TPSA) is 100 Å². The van der Waals surface area contributed by atoms with Crippen LogP contribution in [0.25, 0.3) is 0 Å². The Labute approximate surface area is 205 Å². The van der Waals surface area contributed by atoms with Crippen LogP contribution >= 0.6 is 0 Å². The standard InChI is InChI=1S/C26H32FN5O3/c1-26(2,3)32(20-5-4-10-29-14-20)25(33)35-23-12-18(17-6-8-19(27)9-7-17)11-22(23)34-21-15-30-24(13-28)31-16-21/h6-9,15-16,18,20,22-23,29H,4-5,10-12,14H2,1-3H3. The Morgan fingerprint density at radius 2 is 1.86 bits per heavy atom. The van der Waals surface area contributed by atoms with E-state index in [0.717, 1.165) is 31.5 Å². The molecule has 1 aromatic carbocycles. The maximum atomic E-state index is 13.5. The minimum Gasteiger partial charge on any atom is -0.483 e. The van der Waals surface area contributed by atoms with E-state index in [0.29, 0.717) is 18.6 Å². The molecule has 1 aliphatic heterocycles. The molecule has 1 N–H and O–H groups in total. The lowest BCUT2D eigenvalue weighted by Crippen LogP contribution is -2.57. The number of ether oxygens (including phenoxy) is 2. The molecule has 186 valence electrons. The maximum Gasteiger partial charge on any atom is 0.410 e. The Hall–Kier alpha value is -3.25. The van der Waals surface area contributed by atoms with Crippen molar-refractivity contribution >= 4 is 6.09 Å². The number of carbonyl (C=O) groups is 1. The van der Waals surface area contributed by atoms with Crippen LogP contribution in [0.5, 0.6) is 5.75 Å². The molecule has 35 heavy (non-hydrogen) atoms. The first-order valence-electron chi connectivity index (χ1n) is 12.1. The van der Waals surface area contributed by atoms with Crippen LogP contribution in [0.3, 0.4) is 0 Å². The quantitative estimate of drug-likeness (QED) is 0.684. The van der Waals surface area contributed by atoms with Gasteiger partial charge in [0.1, 0.15) is 24.1 Å². The van der Waals surface area contributed by atoms with Crippen LogP contribution < -0.4 is 10.1 Å². The molecule has 1 saturated heterocycles. The van der Waals surface area contributed by atoms with Gasteiger partial charge in [0.25, 0.3) is 0 Å². The summed E-state index contributed by atoms with van der Waals surface area (Å²) in [6.45, 7) is 7.73. The van der Waals surface area contributed by atoms with E-state index in [9.17, 15) is 9.18 Å². The summed E-state index contributed by atoms with van der Waals surface area (Å²) in [4.78, 5) is 23.3. The van der Waals surface area contributed by atoms with E-state index in [-0.39, 0.29) is 29.7 Å². The minimum absolute atomic E-state index is 0.0390. The van der Waals surface area contributed by atoms with Crippen molar-refractivity contribution in [1.29, 1.82) is 5.26 Å². The number of aromatic nitrogens is 2. The Morgan fingerprint density at radius 3 is 2.46 bits per heavy atom. The summed E-state index contributed by atoms with van der Waals surface area (Å²) in [7, 11) is 0. The van der Waals surface area contributed by atoms with E-state index in [1.807, 2.05) is 31.7 Å². The van der Waals surface area contributed by atoms with E-state index in [4.69, 9.17) is 14.7 Å². The number of hydrogen-bond donors (Lipinski definition) is 1. The van der Waals surface area contributed by atoms with Gasteiger partial charge in [0, 0.05) is 18.1 Å². The van der Waals surface area contributed by atoms with Crippen molar-refractivity contribution in [3.05, 3.63) is 53.9 Å². The molecule has 1 saturated carbocycles. The van der Waals surface area contributed by atoms with Gasteiger partial charge in [0.05, 0.1) is 12.4 Å². The van der Waals surface area contributed by atoms with Gasteiger partial charge in [-0.1, -0.05) is 12.1 Å². The zero-order valence-corrected chi connectivity index (χ0v) is 20.4. The number of piperidine rings is 1. The van der Waals surface area contributed by atoms with Gasteiger partial charge >= 0.3 is 6.09 Å². The molecule has 2 heterocycles. The third-order valence-corrected chi connectivity index (χ3v) is 6.61. The highest BCUT2D eigenvalue weighted by Crippen LogP contribution is 2.39. The van der Waals surface area contributed by atoms with Gasteiger partial charge in [-0.3, -0.25) is 4.90 Å². The number of nitrogens with zero attached hydrogens (tertiary/aromatic N) is 4. The molecular weight excluding hydrogens is 449 g/mol. The van der Waals surface area contributed by atoms with Gasteiger partial charge in [-0.25, -0.2) is 19.2 Å². The minimum atomic E-state index is -0.505. The molecule has 2 aliphatic rings. The van der Waals surface area contributed by atoms with Gasteiger partial charge in [-0.05, 0) is 76.6 Å². The number of hydrogen-bond acceptors (Lipinski definition) is 7. The second-order valence-electron chi connectivity index (χ2n) is 10.2. The van der Waals surface area contributed by atoms with Crippen molar-refractivity contribution in [2.75, 3.05) is 13.1 Å².